The Morgan fingerprint density at radius 1 is 0.893 bits per heavy atom. The molecule has 0 aliphatic heterocycles. The van der Waals surface area contributed by atoms with Crippen molar-refractivity contribution in [3.05, 3.63) is 60.2 Å². The highest BCUT2D eigenvalue weighted by molar-refractivity contribution is 5.98. The minimum absolute atomic E-state index is 0.0255. The minimum atomic E-state index is -4.85. The van der Waals surface area contributed by atoms with E-state index in [2.05, 4.69) is 4.74 Å². The standard InChI is InChI=1S/C21H17F3O4/c1-3-26-19-9-8-18(12-20(19)28-21(22,23)24)27-17-7-6-15-10-14(13(2)25)4-5-16(15)11-17/h4-12H,3H2,1-2H3. The second-order valence-electron chi connectivity index (χ2n) is 5.97. The topological polar surface area (TPSA) is 44.8 Å². The molecule has 4 nitrogen and oxygen atoms in total. The molecule has 0 aromatic heterocycles. The van der Waals surface area contributed by atoms with Crippen LogP contribution in [0.2, 0.25) is 0 Å². The highest BCUT2D eigenvalue weighted by Gasteiger charge is 2.32. The Hall–Kier alpha value is -3.22. The molecule has 0 spiro atoms. The third kappa shape index (κ3) is 4.73. The Morgan fingerprint density at radius 2 is 1.54 bits per heavy atom. The van der Waals surface area contributed by atoms with Gasteiger partial charge in [-0.2, -0.15) is 0 Å². The Kier molecular flexibility index (Phi) is 5.44. The van der Waals surface area contributed by atoms with Crippen molar-refractivity contribution >= 4 is 16.6 Å². The number of benzene rings is 3. The van der Waals surface area contributed by atoms with Crippen molar-refractivity contribution in [3.8, 4) is 23.0 Å². The van der Waals surface area contributed by atoms with Gasteiger partial charge in [-0.25, -0.2) is 0 Å². The van der Waals surface area contributed by atoms with Gasteiger partial charge in [0.2, 0.25) is 0 Å². The summed E-state index contributed by atoms with van der Waals surface area (Å²) in [6.45, 7) is 3.35. The van der Waals surface area contributed by atoms with E-state index in [4.69, 9.17) is 9.47 Å². The quantitative estimate of drug-likeness (QED) is 0.475. The molecule has 0 unspecified atom stereocenters. The normalized spacial score (nSPS) is 11.3. The average Bonchev–Trinajstić information content (AvgIpc) is 2.62. The lowest BCUT2D eigenvalue weighted by Gasteiger charge is -2.15. The first-order valence-electron chi connectivity index (χ1n) is 8.50. The number of alkyl halides is 3. The summed E-state index contributed by atoms with van der Waals surface area (Å²) in [6, 6.07) is 14.4. The van der Waals surface area contributed by atoms with E-state index in [0.717, 1.165) is 16.8 Å². The third-order valence-corrected chi connectivity index (χ3v) is 3.89. The van der Waals surface area contributed by atoms with Crippen LogP contribution in [0.5, 0.6) is 23.0 Å². The number of halogens is 3. The Balaban J connectivity index is 1.89. The van der Waals surface area contributed by atoms with E-state index in [1.165, 1.54) is 19.1 Å². The molecule has 0 radical (unpaired) electrons. The van der Waals surface area contributed by atoms with Crippen molar-refractivity contribution < 1.29 is 32.2 Å². The van der Waals surface area contributed by atoms with Gasteiger partial charge in [-0.3, -0.25) is 4.79 Å². The Morgan fingerprint density at radius 3 is 2.21 bits per heavy atom. The van der Waals surface area contributed by atoms with E-state index >= 15 is 0 Å². The van der Waals surface area contributed by atoms with Crippen molar-refractivity contribution in [1.82, 2.24) is 0 Å². The monoisotopic (exact) mass is 390 g/mol. The number of hydrogen-bond acceptors (Lipinski definition) is 4. The molecule has 28 heavy (non-hydrogen) atoms. The first-order valence-corrected chi connectivity index (χ1v) is 8.50. The summed E-state index contributed by atoms with van der Waals surface area (Å²) in [4.78, 5) is 11.5. The lowest BCUT2D eigenvalue weighted by Crippen LogP contribution is -2.17. The molecule has 146 valence electrons. The summed E-state index contributed by atoms with van der Waals surface area (Å²) < 4.78 is 52.8. The number of ketones is 1. The second kappa shape index (κ2) is 7.80. The SMILES string of the molecule is CCOc1ccc(Oc2ccc3cc(C(C)=O)ccc3c2)cc1OC(F)(F)F. The Labute approximate surface area is 159 Å². The zero-order valence-corrected chi connectivity index (χ0v) is 15.2. The van der Waals surface area contributed by atoms with Crippen molar-refractivity contribution in [2.24, 2.45) is 0 Å². The smallest absolute Gasteiger partial charge is 0.490 e. The molecule has 0 heterocycles. The molecule has 0 saturated heterocycles. The first kappa shape index (κ1) is 19.5. The van der Waals surface area contributed by atoms with Gasteiger partial charge >= 0.3 is 6.36 Å². The predicted octanol–water partition coefficient (Wildman–Crippen LogP) is 6.13. The molecule has 0 aliphatic rings. The molecule has 0 saturated carbocycles. The molecule has 0 amide bonds. The van der Waals surface area contributed by atoms with Crippen molar-refractivity contribution in [2.45, 2.75) is 20.2 Å². The number of rotatable bonds is 6. The number of carbonyl (C=O) groups excluding carboxylic acids is 1. The van der Waals surface area contributed by atoms with Crippen LogP contribution < -0.4 is 14.2 Å². The van der Waals surface area contributed by atoms with E-state index in [1.807, 2.05) is 0 Å². The zero-order chi connectivity index (χ0) is 20.3. The highest BCUT2D eigenvalue weighted by Crippen LogP contribution is 2.37. The van der Waals surface area contributed by atoms with Crippen molar-refractivity contribution in [2.75, 3.05) is 6.61 Å². The maximum atomic E-state index is 12.6. The molecule has 0 fully saturated rings. The fraction of sp³-hybridized carbons (Fsp3) is 0.190. The molecule has 7 heteroatoms. The summed E-state index contributed by atoms with van der Waals surface area (Å²) in [5.41, 5.74) is 0.599. The molecular formula is C21H17F3O4. The largest absolute Gasteiger partial charge is 0.573 e. The predicted molar refractivity (Wildman–Crippen MR) is 98.3 cm³/mol. The minimum Gasteiger partial charge on any atom is -0.490 e. The van der Waals surface area contributed by atoms with Crippen LogP contribution in [0.15, 0.2) is 54.6 Å². The lowest BCUT2D eigenvalue weighted by molar-refractivity contribution is -0.275. The molecule has 3 aromatic rings. The van der Waals surface area contributed by atoms with Gasteiger partial charge in [0.15, 0.2) is 17.3 Å². The summed E-state index contributed by atoms with van der Waals surface area (Å²) in [7, 11) is 0. The van der Waals surface area contributed by atoms with Gasteiger partial charge in [-0.05, 0) is 55.0 Å². The summed E-state index contributed by atoms with van der Waals surface area (Å²) in [6.07, 6.45) is -4.85. The fourth-order valence-electron chi connectivity index (χ4n) is 2.67. The van der Waals surface area contributed by atoms with Crippen LogP contribution in [0.1, 0.15) is 24.2 Å². The average molecular weight is 390 g/mol. The van der Waals surface area contributed by atoms with E-state index in [1.54, 1.807) is 43.3 Å². The van der Waals surface area contributed by atoms with E-state index in [9.17, 15) is 18.0 Å². The first-order chi connectivity index (χ1) is 13.2. The van der Waals surface area contributed by atoms with Crippen LogP contribution in [0, 0.1) is 0 Å². The summed E-state index contributed by atoms with van der Waals surface area (Å²) in [5.74, 6) is 0.0719. The van der Waals surface area contributed by atoms with Crippen molar-refractivity contribution in [3.63, 3.8) is 0 Å². The number of fused-ring (bicyclic) bond motifs is 1. The van der Waals surface area contributed by atoms with Gasteiger partial charge in [0.25, 0.3) is 0 Å². The zero-order valence-electron chi connectivity index (χ0n) is 15.2. The van der Waals surface area contributed by atoms with Gasteiger partial charge in [0, 0.05) is 11.6 Å². The molecular weight excluding hydrogens is 373 g/mol. The van der Waals surface area contributed by atoms with Crippen LogP contribution in [-0.2, 0) is 0 Å². The van der Waals surface area contributed by atoms with E-state index in [-0.39, 0.29) is 23.9 Å². The van der Waals surface area contributed by atoms with Crippen LogP contribution in [0.3, 0.4) is 0 Å². The fourth-order valence-corrected chi connectivity index (χ4v) is 2.67. The van der Waals surface area contributed by atoms with Gasteiger partial charge in [0.05, 0.1) is 6.61 Å². The summed E-state index contributed by atoms with van der Waals surface area (Å²) in [5, 5.41) is 1.69. The summed E-state index contributed by atoms with van der Waals surface area (Å²) >= 11 is 0. The van der Waals surface area contributed by atoms with Crippen LogP contribution in [0.25, 0.3) is 10.8 Å². The van der Waals surface area contributed by atoms with Gasteiger partial charge < -0.3 is 14.2 Å². The van der Waals surface area contributed by atoms with Gasteiger partial charge in [-0.1, -0.05) is 18.2 Å². The lowest BCUT2D eigenvalue weighted by atomic mass is 10.0. The van der Waals surface area contributed by atoms with Crippen LogP contribution in [-0.4, -0.2) is 18.8 Å². The number of carbonyl (C=O) groups is 1. The van der Waals surface area contributed by atoms with E-state index in [0.29, 0.717) is 11.3 Å². The van der Waals surface area contributed by atoms with E-state index < -0.39 is 12.1 Å². The number of ether oxygens (including phenoxy) is 3. The maximum Gasteiger partial charge on any atom is 0.573 e. The maximum absolute atomic E-state index is 12.6. The van der Waals surface area contributed by atoms with Gasteiger partial charge in [-0.15, -0.1) is 13.2 Å². The van der Waals surface area contributed by atoms with Gasteiger partial charge in [0.1, 0.15) is 11.5 Å². The number of Topliss-reactive ketones (excluding diaryl/α,β-unsaturated/α-hetero) is 1. The Bertz CT molecular complexity index is 1010. The molecule has 3 rings (SSSR count). The molecule has 3 aromatic carbocycles. The molecule has 0 N–H and O–H groups in total. The molecule has 0 atom stereocenters. The van der Waals surface area contributed by atoms with Crippen LogP contribution in [0.4, 0.5) is 13.2 Å². The van der Waals surface area contributed by atoms with Crippen molar-refractivity contribution in [1.29, 1.82) is 0 Å². The van der Waals surface area contributed by atoms with Crippen LogP contribution >= 0.6 is 0 Å². The molecule has 0 aliphatic carbocycles. The number of hydrogen-bond donors (Lipinski definition) is 0. The second-order valence-corrected chi connectivity index (χ2v) is 5.97. The third-order valence-electron chi connectivity index (χ3n) is 3.89. The highest BCUT2D eigenvalue weighted by atomic mass is 19.4. The molecule has 0 bridgehead atoms.